The van der Waals surface area contributed by atoms with Gasteiger partial charge in [-0.3, -0.25) is 0 Å². The van der Waals surface area contributed by atoms with E-state index in [2.05, 4.69) is 4.18 Å². The Morgan fingerprint density at radius 1 is 1.42 bits per heavy atom. The van der Waals surface area contributed by atoms with Crippen molar-refractivity contribution in [3.63, 3.8) is 0 Å². The van der Waals surface area contributed by atoms with E-state index in [1.807, 2.05) is 0 Å². The summed E-state index contributed by atoms with van der Waals surface area (Å²) in [5, 5.41) is 0. The van der Waals surface area contributed by atoms with Crippen LogP contribution in [0, 0.1) is 0 Å². The Hall–Kier alpha value is -0.720. The average Bonchev–Trinajstić information content (AvgIpc) is 1.76. The van der Waals surface area contributed by atoms with Crippen LogP contribution in [0.1, 0.15) is 6.42 Å². The first-order valence-corrected chi connectivity index (χ1v) is 4.62. The highest BCUT2D eigenvalue weighted by Gasteiger charge is 2.24. The number of alkyl halides is 3. The second-order valence-corrected chi connectivity index (χ2v) is 3.59. The van der Waals surface area contributed by atoms with Crippen LogP contribution in [-0.4, -0.2) is 20.8 Å². The van der Waals surface area contributed by atoms with E-state index in [4.69, 9.17) is 0 Å². The van der Waals surface area contributed by atoms with Crippen molar-refractivity contribution >= 4 is 10.1 Å². The van der Waals surface area contributed by atoms with Crippen molar-refractivity contribution in [3.05, 3.63) is 12.3 Å². The van der Waals surface area contributed by atoms with Crippen LogP contribution < -0.4 is 0 Å². The molecule has 0 heterocycles. The molecule has 0 aromatic carbocycles. The van der Waals surface area contributed by atoms with Crippen LogP contribution in [0.5, 0.6) is 0 Å². The molecule has 7 heteroatoms. The summed E-state index contributed by atoms with van der Waals surface area (Å²) in [4.78, 5) is 0. The zero-order valence-corrected chi connectivity index (χ0v) is 6.95. The molecule has 0 saturated carbocycles. The SMILES string of the molecule is CS(=O)(=O)O/C=C\CC(F)(F)F. The van der Waals surface area contributed by atoms with E-state index in [9.17, 15) is 21.6 Å². The molecule has 0 fully saturated rings. The Balaban J connectivity index is 3.81. The molecule has 0 bridgehead atoms. The van der Waals surface area contributed by atoms with E-state index in [1.165, 1.54) is 0 Å². The fourth-order valence-electron chi connectivity index (χ4n) is 0.322. The van der Waals surface area contributed by atoms with Gasteiger partial charge in [-0.05, 0) is 6.08 Å². The predicted molar refractivity (Wildman–Crippen MR) is 35.7 cm³/mol. The molecule has 0 aliphatic rings. The zero-order valence-electron chi connectivity index (χ0n) is 6.13. The molecule has 0 amide bonds. The van der Waals surface area contributed by atoms with Gasteiger partial charge in [0.2, 0.25) is 0 Å². The topological polar surface area (TPSA) is 43.4 Å². The lowest BCUT2D eigenvalue weighted by atomic mass is 10.4. The number of allylic oxidation sites excluding steroid dienone is 1. The number of halogens is 3. The summed E-state index contributed by atoms with van der Waals surface area (Å²) in [6.07, 6.45) is -3.71. The quantitative estimate of drug-likeness (QED) is 0.516. The molecule has 12 heavy (non-hydrogen) atoms. The molecule has 0 aliphatic heterocycles. The van der Waals surface area contributed by atoms with Crippen molar-refractivity contribution in [2.24, 2.45) is 0 Å². The van der Waals surface area contributed by atoms with Crippen molar-refractivity contribution in [2.45, 2.75) is 12.6 Å². The second kappa shape index (κ2) is 3.79. The van der Waals surface area contributed by atoms with E-state index in [0.717, 1.165) is 6.26 Å². The van der Waals surface area contributed by atoms with Crippen molar-refractivity contribution in [2.75, 3.05) is 6.26 Å². The van der Waals surface area contributed by atoms with E-state index in [1.54, 1.807) is 0 Å². The van der Waals surface area contributed by atoms with Crippen LogP contribution in [-0.2, 0) is 14.3 Å². The maximum absolute atomic E-state index is 11.4. The molecule has 0 unspecified atom stereocenters. The minimum Gasteiger partial charge on any atom is -0.391 e. The van der Waals surface area contributed by atoms with E-state index < -0.39 is 22.7 Å². The van der Waals surface area contributed by atoms with Gasteiger partial charge in [-0.15, -0.1) is 0 Å². The molecule has 0 N–H and O–H groups in total. The minimum absolute atomic E-state index is 0.503. The van der Waals surface area contributed by atoms with Crippen molar-refractivity contribution in [3.8, 4) is 0 Å². The van der Waals surface area contributed by atoms with Crippen molar-refractivity contribution < 1.29 is 25.8 Å². The maximum atomic E-state index is 11.4. The normalized spacial score (nSPS) is 13.7. The van der Waals surface area contributed by atoms with Crippen LogP contribution >= 0.6 is 0 Å². The third kappa shape index (κ3) is 9.28. The molecule has 3 nitrogen and oxygen atoms in total. The molecule has 0 aromatic rings. The molecule has 0 saturated heterocycles. The first kappa shape index (κ1) is 11.3. The zero-order chi connectivity index (χ0) is 9.83. The Bertz CT molecular complexity index is 252. The largest absolute Gasteiger partial charge is 0.392 e. The number of rotatable bonds is 3. The van der Waals surface area contributed by atoms with E-state index >= 15 is 0 Å². The maximum Gasteiger partial charge on any atom is 0.392 e. The standard InChI is InChI=1S/C5H7F3O3S/c1-12(9,10)11-4-2-3-5(6,7)8/h2,4H,3H2,1H3/b4-2-. The summed E-state index contributed by atoms with van der Waals surface area (Å²) in [6, 6.07) is 0. The summed E-state index contributed by atoms with van der Waals surface area (Å²) >= 11 is 0. The first-order valence-electron chi connectivity index (χ1n) is 2.81. The van der Waals surface area contributed by atoms with Gasteiger partial charge in [0.05, 0.1) is 12.7 Å². The van der Waals surface area contributed by atoms with Crippen molar-refractivity contribution in [1.82, 2.24) is 0 Å². The Morgan fingerprint density at radius 3 is 2.25 bits per heavy atom. The van der Waals surface area contributed by atoms with Crippen LogP contribution in [0.15, 0.2) is 12.3 Å². The molecule has 0 spiro atoms. The number of hydrogen-bond acceptors (Lipinski definition) is 3. The predicted octanol–water partition coefficient (Wildman–Crippen LogP) is 1.43. The minimum atomic E-state index is -4.34. The molecule has 0 aliphatic carbocycles. The Labute approximate surface area is 68.0 Å². The van der Waals surface area contributed by atoms with Gasteiger partial charge < -0.3 is 4.18 Å². The van der Waals surface area contributed by atoms with Crippen LogP contribution in [0.3, 0.4) is 0 Å². The van der Waals surface area contributed by atoms with Crippen LogP contribution in [0.25, 0.3) is 0 Å². The van der Waals surface area contributed by atoms with Crippen LogP contribution in [0.2, 0.25) is 0 Å². The Morgan fingerprint density at radius 2 is 1.92 bits per heavy atom. The molecule has 0 radical (unpaired) electrons. The lowest BCUT2D eigenvalue weighted by molar-refractivity contribution is -0.125. The van der Waals surface area contributed by atoms with Gasteiger partial charge in [0.1, 0.15) is 6.26 Å². The summed E-state index contributed by atoms with van der Waals surface area (Å²) in [5.41, 5.74) is 0. The molecule has 0 aromatic heterocycles. The third-order valence-electron chi connectivity index (χ3n) is 0.676. The monoisotopic (exact) mass is 204 g/mol. The van der Waals surface area contributed by atoms with Gasteiger partial charge in [0.25, 0.3) is 0 Å². The highest BCUT2D eigenvalue weighted by Crippen LogP contribution is 2.19. The highest BCUT2D eigenvalue weighted by atomic mass is 32.2. The van der Waals surface area contributed by atoms with Gasteiger partial charge in [-0.2, -0.15) is 21.6 Å². The van der Waals surface area contributed by atoms with E-state index in [-0.39, 0.29) is 0 Å². The highest BCUT2D eigenvalue weighted by molar-refractivity contribution is 7.86. The fraction of sp³-hybridized carbons (Fsp3) is 0.600. The van der Waals surface area contributed by atoms with Gasteiger partial charge in [0.15, 0.2) is 0 Å². The lowest BCUT2D eigenvalue weighted by Gasteiger charge is -2.00. The fourth-order valence-corrected chi connectivity index (χ4v) is 0.602. The van der Waals surface area contributed by atoms with E-state index in [0.29, 0.717) is 12.3 Å². The Kier molecular flexibility index (Phi) is 3.56. The molecule has 0 atom stereocenters. The van der Waals surface area contributed by atoms with Crippen LogP contribution in [0.4, 0.5) is 13.2 Å². The molecular formula is C5H7F3O3S. The molecule has 72 valence electrons. The summed E-state index contributed by atoms with van der Waals surface area (Å²) in [5.74, 6) is 0. The number of hydrogen-bond donors (Lipinski definition) is 0. The van der Waals surface area contributed by atoms with Gasteiger partial charge in [-0.25, -0.2) is 0 Å². The smallest absolute Gasteiger partial charge is 0.391 e. The summed E-state index contributed by atoms with van der Waals surface area (Å²) in [7, 11) is -3.70. The second-order valence-electron chi connectivity index (χ2n) is 1.99. The van der Waals surface area contributed by atoms with Gasteiger partial charge in [-0.1, -0.05) is 0 Å². The summed E-state index contributed by atoms with van der Waals surface area (Å²) in [6.45, 7) is 0. The molecule has 0 rings (SSSR count). The third-order valence-corrected chi connectivity index (χ3v) is 1.14. The van der Waals surface area contributed by atoms with Gasteiger partial charge in [0, 0.05) is 0 Å². The first-order chi connectivity index (χ1) is 5.21. The molecular weight excluding hydrogens is 197 g/mol. The lowest BCUT2D eigenvalue weighted by Crippen LogP contribution is -2.04. The van der Waals surface area contributed by atoms with Gasteiger partial charge >= 0.3 is 16.3 Å². The summed E-state index contributed by atoms with van der Waals surface area (Å²) < 4.78 is 58.6. The average molecular weight is 204 g/mol. The van der Waals surface area contributed by atoms with Crippen molar-refractivity contribution in [1.29, 1.82) is 0 Å².